The average Bonchev–Trinajstić information content (AvgIpc) is 2.81. The molecule has 0 aromatic heterocycles. The first-order valence-corrected chi connectivity index (χ1v) is 11.3. The maximum atomic E-state index is 12.5. The van der Waals surface area contributed by atoms with E-state index in [0.717, 1.165) is 0 Å². The molecule has 0 radical (unpaired) electrons. The molecule has 8 nitrogen and oxygen atoms in total. The predicted molar refractivity (Wildman–Crippen MR) is 121 cm³/mol. The number of benzene rings is 2. The minimum Gasteiger partial charge on any atom is -0.459 e. The molecule has 2 aliphatic heterocycles. The van der Waals surface area contributed by atoms with Gasteiger partial charge in [-0.3, -0.25) is 0 Å². The molecule has 0 N–H and O–H groups in total. The van der Waals surface area contributed by atoms with Crippen LogP contribution in [0, 0.1) is 0 Å². The molecule has 0 aliphatic carbocycles. The topological polar surface area (TPSA) is 89.5 Å². The Morgan fingerprint density at radius 3 is 1.35 bits per heavy atom. The van der Waals surface area contributed by atoms with Crippen LogP contribution >= 0.6 is 0 Å². The van der Waals surface area contributed by atoms with Gasteiger partial charge in [0.15, 0.2) is 11.6 Å². The van der Waals surface area contributed by atoms with Crippen LogP contribution in [0.2, 0.25) is 0 Å². The molecule has 2 aliphatic rings. The van der Waals surface area contributed by atoms with E-state index >= 15 is 0 Å². The lowest BCUT2D eigenvalue weighted by Gasteiger charge is -2.53. The highest BCUT2D eigenvalue weighted by atomic mass is 16.8. The van der Waals surface area contributed by atoms with Crippen molar-refractivity contribution < 1.29 is 38.0 Å². The van der Waals surface area contributed by atoms with E-state index in [4.69, 9.17) is 28.4 Å². The standard InChI is InChI=1S/C26H30O8/c1-25(2)31-19(15-29-23(27)17-11-7-5-8-12-17)22-21(33-25)20(32-26(3,4)34-22)16-30-24(28)18-13-9-6-10-14-18/h5-14,19-22H,15-16H2,1-4H3/t19-,20-,21-,22-/m1/s1. The third-order valence-electron chi connectivity index (χ3n) is 5.54. The molecule has 4 atom stereocenters. The second kappa shape index (κ2) is 9.84. The van der Waals surface area contributed by atoms with Crippen molar-refractivity contribution in [2.75, 3.05) is 13.2 Å². The van der Waals surface area contributed by atoms with Gasteiger partial charge in [-0.25, -0.2) is 9.59 Å². The van der Waals surface area contributed by atoms with E-state index in [1.807, 2.05) is 12.1 Å². The minimum absolute atomic E-state index is 0.0334. The number of carbonyl (C=O) groups excluding carboxylic acids is 2. The SMILES string of the molecule is CC1(C)O[C@H]2[C@H](OC(C)(C)O[C@@H]2COC(=O)c2ccccc2)[C@@H](COC(=O)c2ccccc2)O1. The van der Waals surface area contributed by atoms with Gasteiger partial charge < -0.3 is 28.4 Å². The van der Waals surface area contributed by atoms with Crippen molar-refractivity contribution in [1.29, 1.82) is 0 Å². The summed E-state index contributed by atoms with van der Waals surface area (Å²) < 4.78 is 35.5. The summed E-state index contributed by atoms with van der Waals surface area (Å²) in [4.78, 5) is 25.0. The van der Waals surface area contributed by atoms with E-state index in [-0.39, 0.29) is 13.2 Å². The number of rotatable bonds is 6. The van der Waals surface area contributed by atoms with Crippen LogP contribution in [-0.2, 0) is 28.4 Å². The predicted octanol–water partition coefficient (Wildman–Crippen LogP) is 3.74. The van der Waals surface area contributed by atoms with Crippen LogP contribution < -0.4 is 0 Å². The lowest BCUT2D eigenvalue weighted by Crippen LogP contribution is -2.67. The fourth-order valence-corrected chi connectivity index (χ4v) is 4.17. The Labute approximate surface area is 199 Å². The molecule has 2 heterocycles. The Balaban J connectivity index is 1.47. The molecular formula is C26H30O8. The second-order valence-corrected chi connectivity index (χ2v) is 9.21. The van der Waals surface area contributed by atoms with Gasteiger partial charge in [-0.2, -0.15) is 0 Å². The monoisotopic (exact) mass is 470 g/mol. The van der Waals surface area contributed by atoms with Crippen molar-refractivity contribution in [2.45, 2.75) is 63.7 Å². The Morgan fingerprint density at radius 1 is 0.647 bits per heavy atom. The molecular weight excluding hydrogens is 440 g/mol. The van der Waals surface area contributed by atoms with Crippen molar-refractivity contribution in [2.24, 2.45) is 0 Å². The van der Waals surface area contributed by atoms with Gasteiger partial charge in [0.05, 0.1) is 11.1 Å². The molecule has 2 fully saturated rings. The van der Waals surface area contributed by atoms with E-state index in [9.17, 15) is 9.59 Å². The van der Waals surface area contributed by atoms with Crippen LogP contribution in [0.25, 0.3) is 0 Å². The average molecular weight is 471 g/mol. The van der Waals surface area contributed by atoms with Gasteiger partial charge in [-0.15, -0.1) is 0 Å². The Bertz CT molecular complexity index is 907. The lowest BCUT2D eigenvalue weighted by atomic mass is 9.97. The van der Waals surface area contributed by atoms with Crippen LogP contribution in [-0.4, -0.2) is 61.1 Å². The zero-order valence-corrected chi connectivity index (χ0v) is 19.8. The number of esters is 2. The van der Waals surface area contributed by atoms with E-state index < -0.39 is 47.9 Å². The van der Waals surface area contributed by atoms with Crippen molar-refractivity contribution in [1.82, 2.24) is 0 Å². The Kier molecular flexibility index (Phi) is 7.04. The molecule has 0 saturated carbocycles. The summed E-state index contributed by atoms with van der Waals surface area (Å²) >= 11 is 0. The summed E-state index contributed by atoms with van der Waals surface area (Å²) in [7, 11) is 0. The van der Waals surface area contributed by atoms with E-state index in [0.29, 0.717) is 11.1 Å². The smallest absolute Gasteiger partial charge is 0.338 e. The highest BCUT2D eigenvalue weighted by Crippen LogP contribution is 2.38. The molecule has 0 bridgehead atoms. The molecule has 182 valence electrons. The zero-order valence-electron chi connectivity index (χ0n) is 19.8. The fourth-order valence-electron chi connectivity index (χ4n) is 4.17. The minimum atomic E-state index is -0.999. The van der Waals surface area contributed by atoms with Crippen molar-refractivity contribution >= 4 is 11.9 Å². The highest BCUT2D eigenvalue weighted by Gasteiger charge is 2.54. The maximum Gasteiger partial charge on any atom is 0.338 e. The molecule has 2 aromatic rings. The molecule has 34 heavy (non-hydrogen) atoms. The molecule has 8 heteroatoms. The van der Waals surface area contributed by atoms with Gasteiger partial charge in [-0.05, 0) is 52.0 Å². The molecule has 0 spiro atoms. The first kappa shape index (κ1) is 24.3. The first-order chi connectivity index (χ1) is 16.1. The molecule has 2 saturated heterocycles. The largest absolute Gasteiger partial charge is 0.459 e. The van der Waals surface area contributed by atoms with Crippen LogP contribution in [0.1, 0.15) is 48.4 Å². The van der Waals surface area contributed by atoms with Crippen molar-refractivity contribution in [3.8, 4) is 0 Å². The fraction of sp³-hybridized carbons (Fsp3) is 0.462. The number of fused-ring (bicyclic) bond motifs is 1. The van der Waals surface area contributed by atoms with Crippen molar-refractivity contribution in [3.05, 3.63) is 71.8 Å². The van der Waals surface area contributed by atoms with Gasteiger partial charge in [0, 0.05) is 0 Å². The van der Waals surface area contributed by atoms with Crippen molar-refractivity contribution in [3.63, 3.8) is 0 Å². The summed E-state index contributed by atoms with van der Waals surface area (Å²) in [6.07, 6.45) is -2.45. The van der Waals surface area contributed by atoms with E-state index in [1.165, 1.54) is 0 Å². The van der Waals surface area contributed by atoms with E-state index in [1.54, 1.807) is 76.2 Å². The number of carbonyl (C=O) groups is 2. The number of hydrogen-bond acceptors (Lipinski definition) is 8. The van der Waals surface area contributed by atoms with Gasteiger partial charge >= 0.3 is 11.9 Å². The summed E-state index contributed by atoms with van der Waals surface area (Å²) in [5.74, 6) is -2.91. The maximum absolute atomic E-state index is 12.5. The summed E-state index contributed by atoms with van der Waals surface area (Å²) in [5.41, 5.74) is 0.897. The molecule has 2 aromatic carbocycles. The van der Waals surface area contributed by atoms with Gasteiger partial charge in [0.2, 0.25) is 0 Å². The van der Waals surface area contributed by atoms with E-state index in [2.05, 4.69) is 0 Å². The van der Waals surface area contributed by atoms with Crippen LogP contribution in [0.4, 0.5) is 0 Å². The Morgan fingerprint density at radius 2 is 1.00 bits per heavy atom. The van der Waals surface area contributed by atoms with Crippen LogP contribution in [0.5, 0.6) is 0 Å². The first-order valence-electron chi connectivity index (χ1n) is 11.3. The quantitative estimate of drug-likeness (QED) is 0.590. The molecule has 0 amide bonds. The van der Waals surface area contributed by atoms with Crippen LogP contribution in [0.15, 0.2) is 60.7 Å². The number of hydrogen-bond donors (Lipinski definition) is 0. The normalized spacial score (nSPS) is 27.3. The summed E-state index contributed by atoms with van der Waals surface area (Å²) in [6.45, 7) is 7.00. The Hall–Kier alpha value is -2.78. The third kappa shape index (κ3) is 5.82. The third-order valence-corrected chi connectivity index (χ3v) is 5.54. The number of ether oxygens (including phenoxy) is 6. The van der Waals surface area contributed by atoms with Gasteiger partial charge in [-0.1, -0.05) is 36.4 Å². The molecule has 0 unspecified atom stereocenters. The summed E-state index contributed by atoms with van der Waals surface area (Å²) in [6, 6.07) is 17.5. The van der Waals surface area contributed by atoms with Gasteiger partial charge in [0.1, 0.15) is 37.6 Å². The lowest BCUT2D eigenvalue weighted by molar-refractivity contribution is -0.426. The highest BCUT2D eigenvalue weighted by molar-refractivity contribution is 5.89. The summed E-state index contributed by atoms with van der Waals surface area (Å²) in [5, 5.41) is 0. The van der Waals surface area contributed by atoms with Gasteiger partial charge in [0.25, 0.3) is 0 Å². The molecule has 4 rings (SSSR count). The zero-order chi connectivity index (χ0) is 24.3. The van der Waals surface area contributed by atoms with Crippen LogP contribution in [0.3, 0.4) is 0 Å². The second-order valence-electron chi connectivity index (χ2n) is 9.21.